The Morgan fingerprint density at radius 2 is 1.53 bits per heavy atom. The lowest BCUT2D eigenvalue weighted by Gasteiger charge is -2.28. The molecule has 3 aromatic carbocycles. The summed E-state index contributed by atoms with van der Waals surface area (Å²) in [5.41, 5.74) is 1.34. The topological polar surface area (TPSA) is 79.7 Å². The molecule has 0 radical (unpaired) electrons. The number of urea groups is 1. The van der Waals surface area contributed by atoms with Gasteiger partial charge in [-0.25, -0.2) is 4.79 Å². The van der Waals surface area contributed by atoms with Gasteiger partial charge in [-0.3, -0.25) is 28.8 Å². The maximum absolute atomic E-state index is 13.5. The average Bonchev–Trinajstić information content (AvgIpc) is 3.20. The molecule has 7 nitrogen and oxygen atoms in total. The van der Waals surface area contributed by atoms with Crippen LogP contribution in [0.1, 0.15) is 15.9 Å². The zero-order valence-electron chi connectivity index (χ0n) is 18.3. The van der Waals surface area contributed by atoms with Crippen molar-refractivity contribution in [3.05, 3.63) is 88.6 Å². The Morgan fingerprint density at radius 3 is 2.24 bits per heavy atom. The number of likely N-dealkylation sites (N-methyl/N-ethyl adjacent to an activating group) is 2. The minimum Gasteiger partial charge on any atom is -0.283 e. The number of barbiturate groups is 1. The standard InChI is InChI=1S/C26H18ClN3O4/c1-28-24(32)21(25(33)29(2)26(28)34)12-18-14-30(22-10-9-19(27)13-20(18)22)23(31)17-8-7-15-5-3-4-6-16(15)11-17/h3-14H,1-2H3. The van der Waals surface area contributed by atoms with Gasteiger partial charge in [-0.05, 0) is 47.2 Å². The molecule has 0 aliphatic carbocycles. The van der Waals surface area contributed by atoms with Gasteiger partial charge in [-0.2, -0.15) is 0 Å². The SMILES string of the molecule is CN1C(=O)C(=Cc2cn(C(=O)c3ccc4ccccc4c3)c3ccc(Cl)cc23)C(=O)N(C)C1=O. The van der Waals surface area contributed by atoms with Crippen molar-refractivity contribution in [2.75, 3.05) is 14.1 Å². The maximum atomic E-state index is 13.5. The predicted octanol–water partition coefficient (Wildman–Crippen LogP) is 4.57. The molecule has 2 heterocycles. The van der Waals surface area contributed by atoms with E-state index in [2.05, 4.69) is 0 Å². The van der Waals surface area contributed by atoms with Crippen molar-refractivity contribution in [3.8, 4) is 0 Å². The summed E-state index contributed by atoms with van der Waals surface area (Å²) in [6, 6.07) is 17.6. The number of rotatable bonds is 2. The first-order valence-electron chi connectivity index (χ1n) is 10.4. The lowest BCUT2D eigenvalue weighted by molar-refractivity contribution is -0.134. The van der Waals surface area contributed by atoms with Crippen LogP contribution in [0, 0.1) is 0 Å². The Hall–Kier alpha value is -4.23. The fourth-order valence-electron chi connectivity index (χ4n) is 4.10. The van der Waals surface area contributed by atoms with Crippen molar-refractivity contribution in [2.24, 2.45) is 0 Å². The van der Waals surface area contributed by atoms with Crippen LogP contribution < -0.4 is 0 Å². The van der Waals surface area contributed by atoms with E-state index in [-0.39, 0.29) is 11.5 Å². The van der Waals surface area contributed by atoms with Gasteiger partial charge in [-0.1, -0.05) is 41.9 Å². The molecule has 0 N–H and O–H groups in total. The summed E-state index contributed by atoms with van der Waals surface area (Å²) >= 11 is 6.22. The molecule has 168 valence electrons. The fraction of sp³-hybridized carbons (Fsp3) is 0.0769. The first kappa shape index (κ1) is 21.6. The first-order valence-corrected chi connectivity index (χ1v) is 10.8. The molecular weight excluding hydrogens is 454 g/mol. The number of halogens is 1. The van der Waals surface area contributed by atoms with Crippen LogP contribution in [0.25, 0.3) is 27.8 Å². The molecule has 1 aromatic heterocycles. The summed E-state index contributed by atoms with van der Waals surface area (Å²) < 4.78 is 1.47. The molecule has 1 aliphatic rings. The first-order chi connectivity index (χ1) is 16.3. The van der Waals surface area contributed by atoms with Crippen molar-refractivity contribution >= 4 is 63.1 Å². The van der Waals surface area contributed by atoms with Gasteiger partial charge in [0.25, 0.3) is 17.7 Å². The zero-order valence-corrected chi connectivity index (χ0v) is 19.0. The summed E-state index contributed by atoms with van der Waals surface area (Å²) in [7, 11) is 2.62. The van der Waals surface area contributed by atoms with Crippen molar-refractivity contribution in [1.82, 2.24) is 14.4 Å². The van der Waals surface area contributed by atoms with Gasteiger partial charge in [0.05, 0.1) is 5.52 Å². The number of carbonyl (C=O) groups excluding carboxylic acids is 4. The number of benzene rings is 3. The van der Waals surface area contributed by atoms with Gasteiger partial charge in [0, 0.05) is 41.8 Å². The number of nitrogens with zero attached hydrogens (tertiary/aromatic N) is 3. The summed E-state index contributed by atoms with van der Waals surface area (Å²) in [6.45, 7) is 0. The van der Waals surface area contributed by atoms with E-state index in [1.165, 1.54) is 24.7 Å². The van der Waals surface area contributed by atoms with E-state index in [0.29, 0.717) is 27.1 Å². The zero-order chi connectivity index (χ0) is 24.1. The number of fused-ring (bicyclic) bond motifs is 2. The largest absolute Gasteiger partial charge is 0.333 e. The molecule has 0 unspecified atom stereocenters. The van der Waals surface area contributed by atoms with Crippen molar-refractivity contribution < 1.29 is 19.2 Å². The highest BCUT2D eigenvalue weighted by Crippen LogP contribution is 2.29. The van der Waals surface area contributed by atoms with Gasteiger partial charge in [0.15, 0.2) is 0 Å². The lowest BCUT2D eigenvalue weighted by Crippen LogP contribution is -2.52. The molecule has 0 spiro atoms. The minimum absolute atomic E-state index is 0.179. The van der Waals surface area contributed by atoms with Crippen molar-refractivity contribution in [3.63, 3.8) is 0 Å². The van der Waals surface area contributed by atoms with Crippen LogP contribution >= 0.6 is 11.6 Å². The Balaban J connectivity index is 1.66. The molecular formula is C26H18ClN3O4. The van der Waals surface area contributed by atoms with E-state index < -0.39 is 17.8 Å². The third-order valence-electron chi connectivity index (χ3n) is 5.96. The third kappa shape index (κ3) is 3.38. The third-order valence-corrected chi connectivity index (χ3v) is 6.19. The normalized spacial score (nSPS) is 14.4. The monoisotopic (exact) mass is 471 g/mol. The van der Waals surface area contributed by atoms with Crippen LogP contribution in [-0.2, 0) is 9.59 Å². The molecule has 5 rings (SSSR count). The van der Waals surface area contributed by atoms with E-state index in [1.54, 1.807) is 30.5 Å². The molecule has 1 saturated heterocycles. The molecule has 1 aliphatic heterocycles. The molecule has 1 fully saturated rings. The van der Waals surface area contributed by atoms with Crippen molar-refractivity contribution in [1.29, 1.82) is 0 Å². The van der Waals surface area contributed by atoms with E-state index >= 15 is 0 Å². The van der Waals surface area contributed by atoms with Gasteiger partial charge in [0.2, 0.25) is 0 Å². The highest BCUT2D eigenvalue weighted by molar-refractivity contribution is 6.32. The number of aromatic nitrogens is 1. The highest BCUT2D eigenvalue weighted by atomic mass is 35.5. The van der Waals surface area contributed by atoms with E-state index in [4.69, 9.17) is 11.6 Å². The van der Waals surface area contributed by atoms with Gasteiger partial charge in [-0.15, -0.1) is 0 Å². The number of hydrogen-bond donors (Lipinski definition) is 0. The number of carbonyl (C=O) groups is 4. The Labute approximate surface area is 199 Å². The van der Waals surface area contributed by atoms with Gasteiger partial charge >= 0.3 is 6.03 Å². The van der Waals surface area contributed by atoms with Gasteiger partial charge in [0.1, 0.15) is 5.57 Å². The Morgan fingerprint density at radius 1 is 0.853 bits per heavy atom. The van der Waals surface area contributed by atoms with Crippen LogP contribution in [-0.4, -0.2) is 52.2 Å². The molecule has 0 bridgehead atoms. The van der Waals surface area contributed by atoms with Crippen LogP contribution in [0.4, 0.5) is 4.79 Å². The second-order valence-electron chi connectivity index (χ2n) is 8.05. The fourth-order valence-corrected chi connectivity index (χ4v) is 4.27. The van der Waals surface area contributed by atoms with Crippen molar-refractivity contribution in [2.45, 2.75) is 0 Å². The van der Waals surface area contributed by atoms with E-state index in [9.17, 15) is 19.2 Å². The second kappa shape index (κ2) is 7.97. The molecule has 34 heavy (non-hydrogen) atoms. The lowest BCUT2D eigenvalue weighted by atomic mass is 10.1. The second-order valence-corrected chi connectivity index (χ2v) is 8.49. The quantitative estimate of drug-likeness (QED) is 0.317. The van der Waals surface area contributed by atoms with E-state index in [0.717, 1.165) is 20.6 Å². The van der Waals surface area contributed by atoms with Gasteiger partial charge < -0.3 is 0 Å². The van der Waals surface area contributed by atoms with E-state index in [1.807, 2.05) is 36.4 Å². The Kier molecular flexibility index (Phi) is 5.06. The highest BCUT2D eigenvalue weighted by Gasteiger charge is 2.38. The summed E-state index contributed by atoms with van der Waals surface area (Å²) in [6.07, 6.45) is 2.97. The predicted molar refractivity (Wildman–Crippen MR) is 130 cm³/mol. The summed E-state index contributed by atoms with van der Waals surface area (Å²) in [5, 5.41) is 2.99. The molecule has 0 atom stereocenters. The number of hydrogen-bond acceptors (Lipinski definition) is 4. The molecule has 4 aromatic rings. The molecule has 0 saturated carbocycles. The van der Waals surface area contributed by atoms with Crippen LogP contribution in [0.2, 0.25) is 5.02 Å². The number of amides is 4. The molecule has 4 amide bonds. The number of imide groups is 2. The summed E-state index contributed by atoms with van der Waals surface area (Å²) in [5.74, 6) is -1.69. The van der Waals surface area contributed by atoms with Crippen LogP contribution in [0.15, 0.2) is 72.4 Å². The van der Waals surface area contributed by atoms with Crippen LogP contribution in [0.3, 0.4) is 0 Å². The van der Waals surface area contributed by atoms with Crippen LogP contribution in [0.5, 0.6) is 0 Å². The summed E-state index contributed by atoms with van der Waals surface area (Å²) in [4.78, 5) is 52.6. The average molecular weight is 472 g/mol. The molecule has 8 heteroatoms. The smallest absolute Gasteiger partial charge is 0.283 e. The Bertz CT molecular complexity index is 1560. The maximum Gasteiger partial charge on any atom is 0.333 e. The minimum atomic E-state index is -0.711.